The first-order chi connectivity index (χ1) is 8.24. The van der Waals surface area contributed by atoms with Crippen LogP contribution in [0.5, 0.6) is 0 Å². The van der Waals surface area contributed by atoms with Crippen LogP contribution in [0.25, 0.3) is 11.2 Å². The molecule has 7 heteroatoms. The summed E-state index contributed by atoms with van der Waals surface area (Å²) in [6.45, 7) is 1.37. The van der Waals surface area contributed by atoms with Gasteiger partial charge in [-0.15, -0.1) is 0 Å². The molecule has 0 spiro atoms. The number of nitrogens with one attached hydrogen (secondary N) is 3. The monoisotopic (exact) mass is 236 g/mol. The van der Waals surface area contributed by atoms with Crippen molar-refractivity contribution in [2.24, 2.45) is 0 Å². The normalized spacial score (nSPS) is 20.8. The maximum Gasteiger partial charge on any atom is 0.327 e. The molecular weight excluding hydrogens is 224 g/mol. The molecular formula is C10H12N4O3. The highest BCUT2D eigenvalue weighted by molar-refractivity contribution is 5.68. The lowest BCUT2D eigenvalue weighted by Crippen LogP contribution is -2.21. The number of fused-ring (bicyclic) bond motifs is 1. The zero-order chi connectivity index (χ0) is 11.8. The van der Waals surface area contributed by atoms with Gasteiger partial charge in [0.2, 0.25) is 0 Å². The third-order valence-electron chi connectivity index (χ3n) is 2.96. The lowest BCUT2D eigenvalue weighted by molar-refractivity contribution is 0.0784. The molecule has 0 radical (unpaired) electrons. The lowest BCUT2D eigenvalue weighted by Gasteiger charge is -2.19. The quantitative estimate of drug-likeness (QED) is 0.639. The molecule has 3 heterocycles. The van der Waals surface area contributed by atoms with E-state index in [-0.39, 0.29) is 5.92 Å². The molecule has 3 N–H and O–H groups in total. The summed E-state index contributed by atoms with van der Waals surface area (Å²) in [6, 6.07) is 0. The van der Waals surface area contributed by atoms with Crippen molar-refractivity contribution < 1.29 is 4.74 Å². The maximum absolute atomic E-state index is 11.5. The molecule has 2 aromatic heterocycles. The summed E-state index contributed by atoms with van der Waals surface area (Å²) in [5.74, 6) is 0.867. The van der Waals surface area contributed by atoms with Gasteiger partial charge in [-0.25, -0.2) is 9.78 Å². The Morgan fingerprint density at radius 2 is 2.12 bits per heavy atom. The molecule has 1 aliphatic rings. The summed E-state index contributed by atoms with van der Waals surface area (Å²) < 4.78 is 5.37. The van der Waals surface area contributed by atoms with Gasteiger partial charge >= 0.3 is 5.69 Å². The third kappa shape index (κ3) is 1.78. The van der Waals surface area contributed by atoms with Gasteiger partial charge in [0.1, 0.15) is 11.3 Å². The van der Waals surface area contributed by atoms with Crippen LogP contribution >= 0.6 is 0 Å². The fraction of sp³-hybridized carbons (Fsp3) is 0.500. The van der Waals surface area contributed by atoms with Crippen LogP contribution < -0.4 is 11.2 Å². The molecule has 1 fully saturated rings. The Morgan fingerprint density at radius 3 is 2.88 bits per heavy atom. The van der Waals surface area contributed by atoms with Gasteiger partial charge in [0, 0.05) is 12.5 Å². The van der Waals surface area contributed by atoms with Crippen molar-refractivity contribution in [3.05, 3.63) is 26.7 Å². The second-order valence-electron chi connectivity index (χ2n) is 4.17. The molecule has 1 saturated heterocycles. The first-order valence-corrected chi connectivity index (χ1v) is 5.54. The summed E-state index contributed by atoms with van der Waals surface area (Å²) in [5, 5.41) is 0. The number of hydrogen-bond donors (Lipinski definition) is 3. The minimum Gasteiger partial charge on any atom is -0.381 e. The van der Waals surface area contributed by atoms with Crippen molar-refractivity contribution in [3.63, 3.8) is 0 Å². The van der Waals surface area contributed by atoms with Crippen LogP contribution in [0.15, 0.2) is 9.59 Å². The van der Waals surface area contributed by atoms with E-state index in [0.29, 0.717) is 23.6 Å². The van der Waals surface area contributed by atoms with E-state index in [2.05, 4.69) is 19.9 Å². The Bertz CT molecular complexity index is 647. The number of hydrogen-bond acceptors (Lipinski definition) is 4. The SMILES string of the molecule is O=c1[nH]c(=O)c2[nH]c(C3CCCOC3)nc2[nH]1. The van der Waals surface area contributed by atoms with Crippen molar-refractivity contribution in [3.8, 4) is 0 Å². The van der Waals surface area contributed by atoms with Gasteiger partial charge in [0.15, 0.2) is 5.65 Å². The van der Waals surface area contributed by atoms with Gasteiger partial charge in [-0.05, 0) is 12.8 Å². The van der Waals surface area contributed by atoms with Crippen LogP contribution in [0.4, 0.5) is 0 Å². The topological polar surface area (TPSA) is 104 Å². The zero-order valence-corrected chi connectivity index (χ0v) is 9.08. The molecule has 0 aromatic carbocycles. The van der Waals surface area contributed by atoms with Gasteiger partial charge in [-0.2, -0.15) is 0 Å². The highest BCUT2D eigenvalue weighted by atomic mass is 16.5. The maximum atomic E-state index is 11.5. The molecule has 1 atom stereocenters. The fourth-order valence-corrected chi connectivity index (χ4v) is 2.10. The molecule has 0 saturated carbocycles. The number of H-pyrrole nitrogens is 3. The highest BCUT2D eigenvalue weighted by Crippen LogP contribution is 2.23. The van der Waals surface area contributed by atoms with Crippen molar-refractivity contribution in [2.45, 2.75) is 18.8 Å². The van der Waals surface area contributed by atoms with Crippen LogP contribution in [0.3, 0.4) is 0 Å². The second kappa shape index (κ2) is 3.85. The fourth-order valence-electron chi connectivity index (χ4n) is 2.10. The van der Waals surface area contributed by atoms with Crippen molar-refractivity contribution in [2.75, 3.05) is 13.2 Å². The standard InChI is InChI=1S/C10H12N4O3/c15-9-6-8(13-10(16)14-9)12-7(11-6)5-2-1-3-17-4-5/h5H,1-4H2,(H3,11,12,13,14,15,16). The van der Waals surface area contributed by atoms with E-state index in [1.54, 1.807) is 0 Å². The first kappa shape index (κ1) is 10.3. The summed E-state index contributed by atoms with van der Waals surface area (Å²) in [5.41, 5.74) is -0.371. The molecule has 7 nitrogen and oxygen atoms in total. The van der Waals surface area contributed by atoms with E-state index in [9.17, 15) is 9.59 Å². The summed E-state index contributed by atoms with van der Waals surface area (Å²) in [4.78, 5) is 34.5. The van der Waals surface area contributed by atoms with E-state index in [1.807, 2.05) is 0 Å². The molecule has 3 rings (SSSR count). The summed E-state index contributed by atoms with van der Waals surface area (Å²) in [6.07, 6.45) is 1.95. The van der Waals surface area contributed by atoms with Gasteiger partial charge in [-0.3, -0.25) is 14.8 Å². The average molecular weight is 236 g/mol. The van der Waals surface area contributed by atoms with Crippen LogP contribution in [-0.4, -0.2) is 33.1 Å². The predicted molar refractivity (Wildman–Crippen MR) is 60.1 cm³/mol. The van der Waals surface area contributed by atoms with Gasteiger partial charge in [-0.1, -0.05) is 0 Å². The second-order valence-corrected chi connectivity index (χ2v) is 4.17. The smallest absolute Gasteiger partial charge is 0.327 e. The Labute approximate surface area is 95.2 Å². The molecule has 0 bridgehead atoms. The Morgan fingerprint density at radius 1 is 1.24 bits per heavy atom. The van der Waals surface area contributed by atoms with E-state index in [4.69, 9.17) is 4.74 Å². The van der Waals surface area contributed by atoms with Gasteiger partial charge in [0.25, 0.3) is 5.56 Å². The summed E-state index contributed by atoms with van der Waals surface area (Å²) in [7, 11) is 0. The van der Waals surface area contributed by atoms with E-state index in [0.717, 1.165) is 19.4 Å². The number of aromatic amines is 3. The number of ether oxygens (including phenoxy) is 1. The first-order valence-electron chi connectivity index (χ1n) is 5.54. The van der Waals surface area contributed by atoms with E-state index in [1.165, 1.54) is 0 Å². The minimum absolute atomic E-state index is 0.166. The van der Waals surface area contributed by atoms with Crippen LogP contribution in [0.1, 0.15) is 24.6 Å². The van der Waals surface area contributed by atoms with Crippen molar-refractivity contribution in [1.82, 2.24) is 19.9 Å². The summed E-state index contributed by atoms with van der Waals surface area (Å²) >= 11 is 0. The molecule has 1 unspecified atom stereocenters. The van der Waals surface area contributed by atoms with Gasteiger partial charge < -0.3 is 9.72 Å². The largest absolute Gasteiger partial charge is 0.381 e. The van der Waals surface area contributed by atoms with E-state index < -0.39 is 11.2 Å². The number of nitrogens with zero attached hydrogens (tertiary/aromatic N) is 1. The van der Waals surface area contributed by atoms with Crippen LogP contribution in [0.2, 0.25) is 0 Å². The number of imidazole rings is 1. The molecule has 90 valence electrons. The highest BCUT2D eigenvalue weighted by Gasteiger charge is 2.20. The van der Waals surface area contributed by atoms with Crippen LogP contribution in [-0.2, 0) is 4.74 Å². The predicted octanol–water partition coefficient (Wildman–Crippen LogP) is -0.167. The number of aromatic nitrogens is 4. The molecule has 1 aliphatic heterocycles. The van der Waals surface area contributed by atoms with E-state index >= 15 is 0 Å². The van der Waals surface area contributed by atoms with Gasteiger partial charge in [0.05, 0.1) is 6.61 Å². The molecule has 2 aromatic rings. The minimum atomic E-state index is -0.541. The number of rotatable bonds is 1. The average Bonchev–Trinajstić information content (AvgIpc) is 2.74. The zero-order valence-electron chi connectivity index (χ0n) is 9.08. The lowest BCUT2D eigenvalue weighted by atomic mass is 10.0. The molecule has 0 amide bonds. The Hall–Kier alpha value is -1.89. The van der Waals surface area contributed by atoms with Crippen LogP contribution in [0, 0.1) is 0 Å². The molecule has 17 heavy (non-hydrogen) atoms. The van der Waals surface area contributed by atoms with Crippen molar-refractivity contribution >= 4 is 11.2 Å². The Kier molecular flexibility index (Phi) is 2.32. The third-order valence-corrected chi connectivity index (χ3v) is 2.96. The molecule has 0 aliphatic carbocycles. The Balaban J connectivity index is 2.09. The van der Waals surface area contributed by atoms with Crippen molar-refractivity contribution in [1.29, 1.82) is 0 Å².